The molecule has 0 unspecified atom stereocenters. The molecule has 9 heteroatoms. The molecule has 6 nitrogen and oxygen atoms in total. The van der Waals surface area contributed by atoms with Crippen LogP contribution in [-0.4, -0.2) is 22.7 Å². The van der Waals surface area contributed by atoms with Crippen LogP contribution in [0.4, 0.5) is 5.69 Å². The van der Waals surface area contributed by atoms with Gasteiger partial charge in [0.2, 0.25) is 17.5 Å². The van der Waals surface area contributed by atoms with Gasteiger partial charge in [0.25, 0.3) is 5.91 Å². The molecule has 0 saturated heterocycles. The molecule has 3 aromatic carbocycles. The van der Waals surface area contributed by atoms with Gasteiger partial charge in [0, 0.05) is 30.0 Å². The van der Waals surface area contributed by atoms with Gasteiger partial charge in [-0.1, -0.05) is 53.0 Å². The number of nitrogens with one attached hydrogen (secondary N) is 1. The smallest absolute Gasteiger partial charge is 0.255 e. The van der Waals surface area contributed by atoms with Crippen molar-refractivity contribution in [2.24, 2.45) is 5.10 Å². The minimum atomic E-state index is -1.26. The Kier molecular flexibility index (Phi) is 6.34. The van der Waals surface area contributed by atoms with Gasteiger partial charge in [-0.05, 0) is 48.5 Å². The third-order valence-electron chi connectivity index (χ3n) is 5.16. The highest BCUT2D eigenvalue weighted by atomic mass is 35.5. The lowest BCUT2D eigenvalue weighted by Crippen LogP contribution is -2.41. The van der Waals surface area contributed by atoms with Crippen molar-refractivity contribution in [1.82, 2.24) is 5.01 Å². The highest BCUT2D eigenvalue weighted by Gasteiger charge is 2.45. The van der Waals surface area contributed by atoms with E-state index in [0.29, 0.717) is 37.4 Å². The van der Waals surface area contributed by atoms with Gasteiger partial charge in [0.15, 0.2) is 0 Å². The molecule has 3 aromatic rings. The molecule has 0 bridgehead atoms. The molecule has 2 amide bonds. The number of para-hydroxylation sites is 1. The molecule has 1 aliphatic heterocycles. The second-order valence-electron chi connectivity index (χ2n) is 7.46. The van der Waals surface area contributed by atoms with E-state index in [4.69, 9.17) is 39.5 Å². The van der Waals surface area contributed by atoms with E-state index in [9.17, 15) is 9.59 Å². The van der Waals surface area contributed by atoms with Crippen molar-refractivity contribution >= 4 is 58.2 Å². The first-order chi connectivity index (χ1) is 15.7. The molecule has 1 atom stereocenters. The van der Waals surface area contributed by atoms with E-state index in [1.54, 1.807) is 73.7 Å². The molecule has 0 fully saturated rings. The standard InChI is InChI=1S/C24H18Cl3N3O3/c1-14(31)30-24(2,16-9-12-19(26)20(27)13-16)33-23(29-30)18-5-3-4-6-21(18)28-22(32)15-7-10-17(25)11-8-15/h3-13H,1-2H3,(H,28,32)/t24-/m1/s1. The first kappa shape index (κ1) is 23.1. The Hall–Kier alpha value is -3.06. The summed E-state index contributed by atoms with van der Waals surface area (Å²) in [6.07, 6.45) is 0. The third kappa shape index (κ3) is 4.55. The fraction of sp³-hybridized carbons (Fsp3) is 0.125. The summed E-state index contributed by atoms with van der Waals surface area (Å²) < 4.78 is 6.22. The molecular weight excluding hydrogens is 485 g/mol. The van der Waals surface area contributed by atoms with Gasteiger partial charge in [-0.3, -0.25) is 9.59 Å². The van der Waals surface area contributed by atoms with Gasteiger partial charge in [-0.15, -0.1) is 5.10 Å². The zero-order chi connectivity index (χ0) is 23.8. The monoisotopic (exact) mass is 501 g/mol. The highest BCUT2D eigenvalue weighted by Crippen LogP contribution is 2.39. The molecule has 168 valence electrons. The Labute approximate surface area is 205 Å². The Morgan fingerprint density at radius 3 is 2.33 bits per heavy atom. The second-order valence-corrected chi connectivity index (χ2v) is 8.71. The minimum absolute atomic E-state index is 0.172. The van der Waals surface area contributed by atoms with E-state index in [1.165, 1.54) is 11.9 Å². The molecule has 0 saturated carbocycles. The van der Waals surface area contributed by atoms with Crippen LogP contribution in [0.2, 0.25) is 15.1 Å². The zero-order valence-corrected chi connectivity index (χ0v) is 19.9. The van der Waals surface area contributed by atoms with Gasteiger partial charge in [0.05, 0.1) is 21.3 Å². The summed E-state index contributed by atoms with van der Waals surface area (Å²) in [5, 5.41) is 9.77. The van der Waals surface area contributed by atoms with Crippen LogP contribution >= 0.6 is 34.8 Å². The topological polar surface area (TPSA) is 71.0 Å². The highest BCUT2D eigenvalue weighted by molar-refractivity contribution is 6.42. The maximum atomic E-state index is 12.8. The molecule has 0 aliphatic carbocycles. The average Bonchev–Trinajstić information content (AvgIpc) is 3.15. The van der Waals surface area contributed by atoms with Crippen molar-refractivity contribution in [2.75, 3.05) is 5.32 Å². The summed E-state index contributed by atoms with van der Waals surface area (Å²) in [6, 6.07) is 18.5. The summed E-state index contributed by atoms with van der Waals surface area (Å²) in [5.41, 5.74) is 0.749. The van der Waals surface area contributed by atoms with Crippen molar-refractivity contribution in [3.8, 4) is 0 Å². The Morgan fingerprint density at radius 1 is 0.970 bits per heavy atom. The van der Waals surface area contributed by atoms with Gasteiger partial charge in [0.1, 0.15) is 0 Å². The zero-order valence-electron chi connectivity index (χ0n) is 17.6. The molecular formula is C24H18Cl3N3O3. The fourth-order valence-corrected chi connectivity index (χ4v) is 3.88. The van der Waals surface area contributed by atoms with Gasteiger partial charge >= 0.3 is 0 Å². The average molecular weight is 503 g/mol. The number of hydrogen-bond donors (Lipinski definition) is 1. The van der Waals surface area contributed by atoms with Crippen LogP contribution in [0, 0.1) is 0 Å². The number of rotatable bonds is 4. The van der Waals surface area contributed by atoms with Crippen LogP contribution in [0.1, 0.15) is 35.3 Å². The van der Waals surface area contributed by atoms with E-state index < -0.39 is 5.72 Å². The van der Waals surface area contributed by atoms with E-state index in [0.717, 1.165) is 0 Å². The van der Waals surface area contributed by atoms with Crippen LogP contribution in [0.5, 0.6) is 0 Å². The minimum Gasteiger partial charge on any atom is -0.443 e. The molecule has 0 aromatic heterocycles. The molecule has 1 N–H and O–H groups in total. The summed E-state index contributed by atoms with van der Waals surface area (Å²) in [6.45, 7) is 3.10. The molecule has 33 heavy (non-hydrogen) atoms. The van der Waals surface area contributed by atoms with Crippen LogP contribution in [0.25, 0.3) is 0 Å². The third-order valence-corrected chi connectivity index (χ3v) is 6.15. The van der Waals surface area contributed by atoms with Gasteiger partial charge in [-0.25, -0.2) is 0 Å². The number of nitrogens with zero attached hydrogens (tertiary/aromatic N) is 2. The molecule has 1 heterocycles. The summed E-state index contributed by atoms with van der Waals surface area (Å²) >= 11 is 18.2. The van der Waals surface area contributed by atoms with E-state index in [1.807, 2.05) is 0 Å². The first-order valence-corrected chi connectivity index (χ1v) is 11.0. The molecule has 0 spiro atoms. The Morgan fingerprint density at radius 2 is 1.67 bits per heavy atom. The summed E-state index contributed by atoms with van der Waals surface area (Å²) in [5.74, 6) is -0.486. The van der Waals surface area contributed by atoms with Crippen molar-refractivity contribution < 1.29 is 14.3 Å². The lowest BCUT2D eigenvalue weighted by atomic mass is 10.0. The largest absolute Gasteiger partial charge is 0.443 e. The van der Waals surface area contributed by atoms with Crippen molar-refractivity contribution in [3.63, 3.8) is 0 Å². The van der Waals surface area contributed by atoms with Crippen LogP contribution in [0.3, 0.4) is 0 Å². The predicted molar refractivity (Wildman–Crippen MR) is 130 cm³/mol. The van der Waals surface area contributed by atoms with E-state index in [2.05, 4.69) is 10.4 Å². The normalized spacial score (nSPS) is 17.4. The fourth-order valence-electron chi connectivity index (χ4n) is 3.46. The van der Waals surface area contributed by atoms with Crippen LogP contribution in [-0.2, 0) is 15.3 Å². The SMILES string of the molecule is CC(=O)N1N=C(c2ccccc2NC(=O)c2ccc(Cl)cc2)O[C@]1(C)c1ccc(Cl)c(Cl)c1. The molecule has 4 rings (SSSR count). The van der Waals surface area contributed by atoms with Gasteiger partial charge in [-0.2, -0.15) is 5.01 Å². The molecule has 1 aliphatic rings. The number of amides is 2. The number of halogens is 3. The van der Waals surface area contributed by atoms with Gasteiger partial charge < -0.3 is 10.1 Å². The lowest BCUT2D eigenvalue weighted by molar-refractivity contribution is -0.146. The number of hydrazone groups is 1. The van der Waals surface area contributed by atoms with Crippen molar-refractivity contribution in [2.45, 2.75) is 19.6 Å². The Bertz CT molecular complexity index is 1280. The maximum absolute atomic E-state index is 12.8. The van der Waals surface area contributed by atoms with Crippen molar-refractivity contribution in [3.05, 3.63) is 98.5 Å². The number of carbonyl (C=O) groups excluding carboxylic acids is 2. The number of benzene rings is 3. The first-order valence-electron chi connectivity index (χ1n) is 9.89. The number of anilines is 1. The summed E-state index contributed by atoms with van der Waals surface area (Å²) in [4.78, 5) is 25.2. The number of carbonyl (C=O) groups is 2. The van der Waals surface area contributed by atoms with Crippen molar-refractivity contribution in [1.29, 1.82) is 0 Å². The Balaban J connectivity index is 1.69. The maximum Gasteiger partial charge on any atom is 0.255 e. The van der Waals surface area contributed by atoms with Crippen LogP contribution in [0.15, 0.2) is 71.8 Å². The summed E-state index contributed by atoms with van der Waals surface area (Å²) in [7, 11) is 0. The van der Waals surface area contributed by atoms with E-state index >= 15 is 0 Å². The number of ether oxygens (including phenoxy) is 1. The van der Waals surface area contributed by atoms with E-state index in [-0.39, 0.29) is 17.7 Å². The second kappa shape index (κ2) is 9.06. The molecule has 0 radical (unpaired) electrons. The quantitative estimate of drug-likeness (QED) is 0.454. The lowest BCUT2D eigenvalue weighted by Gasteiger charge is -2.31. The predicted octanol–water partition coefficient (Wildman–Crippen LogP) is 6.31. The van der Waals surface area contributed by atoms with Crippen LogP contribution < -0.4 is 5.32 Å². The number of hydrogen-bond acceptors (Lipinski definition) is 4.